The van der Waals surface area contributed by atoms with Crippen molar-refractivity contribution in [3.8, 4) is 5.75 Å². The Morgan fingerprint density at radius 1 is 0.839 bits per heavy atom. The molecule has 0 N–H and O–H groups in total. The number of furan rings is 1. The van der Waals surface area contributed by atoms with Crippen LogP contribution < -0.4 is 4.74 Å². The summed E-state index contributed by atoms with van der Waals surface area (Å²) in [5.74, 6) is -4.47. The first kappa shape index (κ1) is 22.0. The van der Waals surface area contributed by atoms with E-state index in [0.717, 1.165) is 25.7 Å². The molecule has 0 unspecified atom stereocenters. The van der Waals surface area contributed by atoms with Gasteiger partial charge >= 0.3 is 0 Å². The third-order valence-corrected chi connectivity index (χ3v) is 6.61. The lowest BCUT2D eigenvalue weighted by molar-refractivity contribution is 0.298. The van der Waals surface area contributed by atoms with Gasteiger partial charge in [-0.25, -0.2) is 13.2 Å². The summed E-state index contributed by atoms with van der Waals surface area (Å²) < 4.78 is 69.8. The number of fused-ring (bicyclic) bond motifs is 3. The zero-order chi connectivity index (χ0) is 22.1. The first-order valence-corrected chi connectivity index (χ1v) is 11.3. The van der Waals surface area contributed by atoms with Crippen LogP contribution in [0.3, 0.4) is 0 Å². The van der Waals surface area contributed by atoms with Crippen LogP contribution in [0.1, 0.15) is 76.7 Å². The molecule has 31 heavy (non-hydrogen) atoms. The molecule has 1 aromatic heterocycles. The minimum atomic E-state index is -1.29. The number of unbranched alkanes of at least 4 members (excludes halogenated alkanes) is 2. The van der Waals surface area contributed by atoms with Gasteiger partial charge < -0.3 is 9.15 Å². The van der Waals surface area contributed by atoms with Crippen LogP contribution >= 0.6 is 0 Å². The fourth-order valence-corrected chi connectivity index (χ4v) is 4.95. The van der Waals surface area contributed by atoms with Crippen LogP contribution in [0.15, 0.2) is 16.5 Å². The van der Waals surface area contributed by atoms with Crippen LogP contribution in [0.25, 0.3) is 21.9 Å². The van der Waals surface area contributed by atoms with Gasteiger partial charge in [0.2, 0.25) is 5.82 Å². The van der Waals surface area contributed by atoms with Crippen LogP contribution in [0.5, 0.6) is 5.75 Å². The van der Waals surface area contributed by atoms with Gasteiger partial charge in [-0.3, -0.25) is 0 Å². The summed E-state index contributed by atoms with van der Waals surface area (Å²) in [7, 11) is 0. The van der Waals surface area contributed by atoms with Crippen molar-refractivity contribution in [3.63, 3.8) is 0 Å². The zero-order valence-electron chi connectivity index (χ0n) is 18.0. The summed E-state index contributed by atoms with van der Waals surface area (Å²) in [6.07, 6.45) is 8.38. The fourth-order valence-electron chi connectivity index (χ4n) is 4.95. The van der Waals surface area contributed by atoms with Crippen molar-refractivity contribution in [1.82, 2.24) is 0 Å². The summed E-state index contributed by atoms with van der Waals surface area (Å²) in [5.41, 5.74) is 0.232. The highest BCUT2D eigenvalue weighted by Gasteiger charge is 2.29. The number of halogens is 4. The third kappa shape index (κ3) is 4.01. The molecule has 0 spiro atoms. The molecular weight excluding hydrogens is 408 g/mol. The molecule has 1 heterocycles. The molecule has 1 aliphatic rings. The minimum Gasteiger partial charge on any atom is -0.491 e. The standard InChI is InChI=1S/C25H28F4O2/c1-3-5-6-7-14-8-10-15(11-9-14)16-12-17-20(24(28)22(16)26)21-18(31-17)13-19(30-4-2)23(27)25(21)29/h12-15H,3-11H2,1-2H3. The molecule has 1 aliphatic carbocycles. The Balaban J connectivity index is 1.68. The Kier molecular flexibility index (Phi) is 6.44. The second kappa shape index (κ2) is 9.09. The number of hydrogen-bond donors (Lipinski definition) is 0. The van der Waals surface area contributed by atoms with E-state index in [9.17, 15) is 8.78 Å². The molecule has 3 aromatic rings. The van der Waals surface area contributed by atoms with Crippen molar-refractivity contribution in [2.45, 2.75) is 71.1 Å². The SMILES string of the molecule is CCCCCC1CCC(c2cc3oc4cc(OCC)c(F)c(F)c4c3c(F)c2F)CC1. The summed E-state index contributed by atoms with van der Waals surface area (Å²) in [5, 5.41) is -0.748. The van der Waals surface area contributed by atoms with Gasteiger partial charge in [0.1, 0.15) is 11.2 Å². The van der Waals surface area contributed by atoms with Crippen molar-refractivity contribution in [2.24, 2.45) is 5.92 Å². The zero-order valence-corrected chi connectivity index (χ0v) is 18.0. The summed E-state index contributed by atoms with van der Waals surface area (Å²) in [6, 6.07) is 2.66. The number of hydrogen-bond acceptors (Lipinski definition) is 2. The van der Waals surface area contributed by atoms with E-state index in [2.05, 4.69) is 6.92 Å². The first-order chi connectivity index (χ1) is 15.0. The summed E-state index contributed by atoms with van der Waals surface area (Å²) >= 11 is 0. The molecule has 1 saturated carbocycles. The smallest absolute Gasteiger partial charge is 0.201 e. The van der Waals surface area contributed by atoms with Crippen LogP contribution in [-0.2, 0) is 0 Å². The van der Waals surface area contributed by atoms with Crippen LogP contribution in [0.4, 0.5) is 17.6 Å². The lowest BCUT2D eigenvalue weighted by atomic mass is 9.76. The molecule has 0 amide bonds. The van der Waals surface area contributed by atoms with E-state index < -0.39 is 28.7 Å². The molecule has 2 nitrogen and oxygen atoms in total. The lowest BCUT2D eigenvalue weighted by Gasteiger charge is -2.29. The predicted octanol–water partition coefficient (Wildman–Crippen LogP) is 8.40. The van der Waals surface area contributed by atoms with Gasteiger partial charge in [0.25, 0.3) is 0 Å². The van der Waals surface area contributed by atoms with Gasteiger partial charge in [0.05, 0.1) is 17.4 Å². The Morgan fingerprint density at radius 3 is 2.13 bits per heavy atom. The van der Waals surface area contributed by atoms with E-state index in [1.807, 2.05) is 0 Å². The second-order valence-corrected chi connectivity index (χ2v) is 8.59. The highest BCUT2D eigenvalue weighted by atomic mass is 19.2. The second-order valence-electron chi connectivity index (χ2n) is 8.59. The van der Waals surface area contributed by atoms with E-state index >= 15 is 8.78 Å². The van der Waals surface area contributed by atoms with Gasteiger partial charge in [0, 0.05) is 6.07 Å². The van der Waals surface area contributed by atoms with Gasteiger partial charge in [-0.1, -0.05) is 32.6 Å². The third-order valence-electron chi connectivity index (χ3n) is 6.61. The van der Waals surface area contributed by atoms with E-state index in [0.29, 0.717) is 5.92 Å². The van der Waals surface area contributed by atoms with Gasteiger partial charge in [-0.05, 0) is 56.1 Å². The average molecular weight is 436 g/mol. The average Bonchev–Trinajstić information content (AvgIpc) is 3.14. The van der Waals surface area contributed by atoms with Crippen molar-refractivity contribution >= 4 is 21.9 Å². The number of benzene rings is 2. The largest absolute Gasteiger partial charge is 0.491 e. The van der Waals surface area contributed by atoms with Crippen LogP contribution in [0.2, 0.25) is 0 Å². The Hall–Kier alpha value is -2.24. The van der Waals surface area contributed by atoms with Crippen molar-refractivity contribution in [1.29, 1.82) is 0 Å². The predicted molar refractivity (Wildman–Crippen MR) is 114 cm³/mol. The molecule has 4 rings (SSSR count). The molecule has 2 aromatic carbocycles. The minimum absolute atomic E-state index is 0.0286. The van der Waals surface area contributed by atoms with Gasteiger partial charge in [0.15, 0.2) is 23.2 Å². The van der Waals surface area contributed by atoms with E-state index in [4.69, 9.17) is 9.15 Å². The quantitative estimate of drug-likeness (QED) is 0.274. The number of rotatable bonds is 7. The van der Waals surface area contributed by atoms with Crippen molar-refractivity contribution in [2.75, 3.05) is 6.61 Å². The highest BCUT2D eigenvalue weighted by Crippen LogP contribution is 2.43. The molecular formula is C25H28F4O2. The maximum absolute atomic E-state index is 15.1. The topological polar surface area (TPSA) is 22.4 Å². The van der Waals surface area contributed by atoms with E-state index in [1.54, 1.807) is 6.92 Å². The molecule has 0 saturated heterocycles. The Bertz CT molecular complexity index is 1080. The summed E-state index contributed by atoms with van der Waals surface area (Å²) in [4.78, 5) is 0. The van der Waals surface area contributed by atoms with Crippen LogP contribution in [0, 0.1) is 29.2 Å². The van der Waals surface area contributed by atoms with Gasteiger partial charge in [-0.2, -0.15) is 4.39 Å². The normalized spacial score (nSPS) is 19.4. The van der Waals surface area contributed by atoms with Crippen molar-refractivity contribution < 1.29 is 26.7 Å². The van der Waals surface area contributed by atoms with Gasteiger partial charge in [-0.15, -0.1) is 0 Å². The fraction of sp³-hybridized carbons (Fsp3) is 0.520. The maximum Gasteiger partial charge on any atom is 0.201 e. The summed E-state index contributed by atoms with van der Waals surface area (Å²) in [6.45, 7) is 3.96. The molecule has 0 atom stereocenters. The molecule has 168 valence electrons. The van der Waals surface area contributed by atoms with Crippen molar-refractivity contribution in [3.05, 3.63) is 41.0 Å². The van der Waals surface area contributed by atoms with E-state index in [-0.39, 0.29) is 40.4 Å². The maximum atomic E-state index is 15.1. The molecule has 0 radical (unpaired) electrons. The molecule has 0 bridgehead atoms. The monoisotopic (exact) mass is 436 g/mol. The Labute approximate surface area is 179 Å². The molecule has 6 heteroatoms. The van der Waals surface area contributed by atoms with E-state index in [1.165, 1.54) is 37.8 Å². The lowest BCUT2D eigenvalue weighted by Crippen LogP contribution is -2.15. The first-order valence-electron chi connectivity index (χ1n) is 11.3. The molecule has 0 aliphatic heterocycles. The molecule has 1 fully saturated rings. The Morgan fingerprint density at radius 2 is 1.48 bits per heavy atom. The number of ether oxygens (including phenoxy) is 1. The van der Waals surface area contributed by atoms with Crippen LogP contribution in [-0.4, -0.2) is 6.61 Å². The highest BCUT2D eigenvalue weighted by molar-refractivity contribution is 6.06.